The maximum atomic E-state index is 12.2. The van der Waals surface area contributed by atoms with E-state index >= 15 is 0 Å². The number of likely N-dealkylation sites (tertiary alicyclic amines) is 1. The zero-order valence-corrected chi connectivity index (χ0v) is 12.6. The number of piperidine rings is 1. The van der Waals surface area contributed by atoms with Gasteiger partial charge in [-0.1, -0.05) is 17.7 Å². The summed E-state index contributed by atoms with van der Waals surface area (Å²) in [5, 5.41) is 9.60. The number of amides is 1. The van der Waals surface area contributed by atoms with Gasteiger partial charge in [0.25, 0.3) is 5.91 Å². The number of carboxylic acids is 1. The summed E-state index contributed by atoms with van der Waals surface area (Å²) in [4.78, 5) is 24.7. The number of hydrogen-bond acceptors (Lipinski definition) is 3. The van der Waals surface area contributed by atoms with Crippen LogP contribution < -0.4 is 4.74 Å². The number of hydrogen-bond donors (Lipinski definition) is 1. The van der Waals surface area contributed by atoms with Gasteiger partial charge in [-0.2, -0.15) is 0 Å². The topological polar surface area (TPSA) is 66.8 Å². The van der Waals surface area contributed by atoms with Gasteiger partial charge in [0.05, 0.1) is 5.02 Å². The maximum Gasteiger partial charge on any atom is 0.326 e. The first kappa shape index (κ1) is 15.6. The third-order valence-electron chi connectivity index (χ3n) is 3.55. The number of nitrogens with zero attached hydrogens (tertiary/aromatic N) is 1. The van der Waals surface area contributed by atoms with Crippen molar-refractivity contribution in [2.24, 2.45) is 0 Å². The lowest BCUT2D eigenvalue weighted by atomic mass is 10.0. The van der Waals surface area contributed by atoms with Crippen LogP contribution in [0.15, 0.2) is 18.2 Å². The van der Waals surface area contributed by atoms with Gasteiger partial charge in [-0.3, -0.25) is 4.79 Å². The van der Waals surface area contributed by atoms with Crippen LogP contribution in [0.2, 0.25) is 5.02 Å². The van der Waals surface area contributed by atoms with Gasteiger partial charge in [-0.15, -0.1) is 0 Å². The highest BCUT2D eigenvalue weighted by atomic mass is 35.5. The molecule has 1 aliphatic heterocycles. The van der Waals surface area contributed by atoms with Crippen molar-refractivity contribution < 1.29 is 19.4 Å². The molecule has 0 aliphatic carbocycles. The van der Waals surface area contributed by atoms with E-state index in [1.807, 2.05) is 13.0 Å². The largest absolute Gasteiger partial charge is 0.482 e. The van der Waals surface area contributed by atoms with Gasteiger partial charge in [0.2, 0.25) is 0 Å². The summed E-state index contributed by atoms with van der Waals surface area (Å²) in [6.07, 6.45) is 2.14. The van der Waals surface area contributed by atoms with Crippen LogP contribution in [0.1, 0.15) is 24.8 Å². The van der Waals surface area contributed by atoms with Crippen LogP contribution in [0.4, 0.5) is 0 Å². The Morgan fingerprint density at radius 3 is 2.90 bits per heavy atom. The normalized spacial score (nSPS) is 18.4. The molecule has 0 spiro atoms. The van der Waals surface area contributed by atoms with Crippen LogP contribution >= 0.6 is 11.6 Å². The Kier molecular flexibility index (Phi) is 5.07. The second-order valence-electron chi connectivity index (χ2n) is 5.16. The van der Waals surface area contributed by atoms with Crippen LogP contribution in [0, 0.1) is 6.92 Å². The summed E-state index contributed by atoms with van der Waals surface area (Å²) in [7, 11) is 0. The minimum absolute atomic E-state index is 0.201. The van der Waals surface area contributed by atoms with Crippen LogP contribution in [-0.4, -0.2) is 41.1 Å². The molecule has 1 N–H and O–H groups in total. The molecule has 0 saturated carbocycles. The van der Waals surface area contributed by atoms with Gasteiger partial charge in [0, 0.05) is 6.54 Å². The van der Waals surface area contributed by atoms with Gasteiger partial charge in [0.1, 0.15) is 11.8 Å². The summed E-state index contributed by atoms with van der Waals surface area (Å²) in [5.41, 5.74) is 0.975. The Hall–Kier alpha value is -1.75. The molecule has 1 saturated heterocycles. The molecule has 0 aromatic heterocycles. The van der Waals surface area contributed by atoms with E-state index in [1.165, 1.54) is 4.90 Å². The molecular formula is C15H18ClNO4. The first-order valence-corrected chi connectivity index (χ1v) is 7.28. The molecule has 1 aliphatic rings. The molecule has 0 radical (unpaired) electrons. The number of carboxylic acid groups (broad SMARTS) is 1. The molecular weight excluding hydrogens is 294 g/mol. The number of carbonyl (C=O) groups is 2. The van der Waals surface area contributed by atoms with Crippen molar-refractivity contribution in [3.8, 4) is 5.75 Å². The Balaban J connectivity index is 2.00. The molecule has 0 unspecified atom stereocenters. The average molecular weight is 312 g/mol. The first-order chi connectivity index (χ1) is 9.99. The van der Waals surface area contributed by atoms with E-state index < -0.39 is 12.0 Å². The quantitative estimate of drug-likeness (QED) is 0.927. The van der Waals surface area contributed by atoms with E-state index in [1.54, 1.807) is 12.1 Å². The predicted molar refractivity (Wildman–Crippen MR) is 78.7 cm³/mol. The highest BCUT2D eigenvalue weighted by Gasteiger charge is 2.32. The zero-order valence-electron chi connectivity index (χ0n) is 11.8. The predicted octanol–water partition coefficient (Wildman–Crippen LogP) is 2.49. The van der Waals surface area contributed by atoms with Crippen LogP contribution in [0.5, 0.6) is 5.75 Å². The van der Waals surface area contributed by atoms with Crippen molar-refractivity contribution >= 4 is 23.5 Å². The van der Waals surface area contributed by atoms with Gasteiger partial charge in [-0.05, 0) is 43.9 Å². The lowest BCUT2D eigenvalue weighted by molar-refractivity contribution is -0.152. The van der Waals surface area contributed by atoms with E-state index in [4.69, 9.17) is 21.4 Å². The third-order valence-corrected chi connectivity index (χ3v) is 3.86. The summed E-state index contributed by atoms with van der Waals surface area (Å²) in [6, 6.07) is 4.56. The molecule has 1 aromatic carbocycles. The van der Waals surface area contributed by atoms with E-state index in [-0.39, 0.29) is 12.5 Å². The fraction of sp³-hybridized carbons (Fsp3) is 0.467. The maximum absolute atomic E-state index is 12.2. The number of aryl methyl sites for hydroxylation is 1. The number of carbonyl (C=O) groups excluding carboxylic acids is 1. The Labute approximate surface area is 128 Å². The lowest BCUT2D eigenvalue weighted by Gasteiger charge is -2.32. The second-order valence-corrected chi connectivity index (χ2v) is 5.57. The second kappa shape index (κ2) is 6.80. The average Bonchev–Trinajstić information content (AvgIpc) is 2.47. The molecule has 1 heterocycles. The number of benzene rings is 1. The van der Waals surface area contributed by atoms with Crippen molar-refractivity contribution in [1.82, 2.24) is 4.90 Å². The van der Waals surface area contributed by atoms with Gasteiger partial charge in [-0.25, -0.2) is 4.79 Å². The minimum atomic E-state index is -0.961. The molecule has 1 amide bonds. The number of rotatable bonds is 4. The molecule has 1 atom stereocenters. The zero-order chi connectivity index (χ0) is 15.4. The highest BCUT2D eigenvalue weighted by Crippen LogP contribution is 2.25. The molecule has 6 heteroatoms. The summed E-state index contributed by atoms with van der Waals surface area (Å²) < 4.78 is 5.44. The van der Waals surface area contributed by atoms with Gasteiger partial charge in [0.15, 0.2) is 6.61 Å². The number of ether oxygens (including phenoxy) is 1. The SMILES string of the molecule is Cc1ccc(Cl)c(OCC(=O)N2CCCC[C@@H]2C(=O)O)c1. The minimum Gasteiger partial charge on any atom is -0.482 e. The number of halogens is 1. The molecule has 5 nitrogen and oxygen atoms in total. The summed E-state index contributed by atoms with van der Waals surface area (Å²) >= 11 is 6.00. The van der Waals surface area contributed by atoms with E-state index in [2.05, 4.69) is 0 Å². The fourth-order valence-electron chi connectivity index (χ4n) is 2.43. The van der Waals surface area contributed by atoms with Crippen molar-refractivity contribution in [3.05, 3.63) is 28.8 Å². The number of aliphatic carboxylic acids is 1. The van der Waals surface area contributed by atoms with Crippen molar-refractivity contribution in [2.45, 2.75) is 32.2 Å². The molecule has 1 fully saturated rings. The molecule has 0 bridgehead atoms. The molecule has 114 valence electrons. The Morgan fingerprint density at radius 2 is 2.19 bits per heavy atom. The standard InChI is InChI=1S/C15H18ClNO4/c1-10-5-6-11(16)13(8-10)21-9-14(18)17-7-3-2-4-12(17)15(19)20/h5-6,8,12H,2-4,7,9H2,1H3,(H,19,20)/t12-/m1/s1. The van der Waals surface area contributed by atoms with Crippen molar-refractivity contribution in [1.29, 1.82) is 0 Å². The summed E-state index contributed by atoms with van der Waals surface area (Å²) in [5.74, 6) is -0.842. The van der Waals surface area contributed by atoms with Crippen LogP contribution in [-0.2, 0) is 9.59 Å². The van der Waals surface area contributed by atoms with Crippen molar-refractivity contribution in [2.75, 3.05) is 13.2 Å². The Bertz CT molecular complexity index is 546. The summed E-state index contributed by atoms with van der Waals surface area (Å²) in [6.45, 7) is 2.16. The first-order valence-electron chi connectivity index (χ1n) is 6.90. The van der Waals surface area contributed by atoms with Crippen LogP contribution in [0.3, 0.4) is 0 Å². The Morgan fingerprint density at radius 1 is 1.43 bits per heavy atom. The van der Waals surface area contributed by atoms with Crippen molar-refractivity contribution in [3.63, 3.8) is 0 Å². The third kappa shape index (κ3) is 3.88. The highest BCUT2D eigenvalue weighted by molar-refractivity contribution is 6.32. The molecule has 21 heavy (non-hydrogen) atoms. The van der Waals surface area contributed by atoms with Gasteiger partial charge < -0.3 is 14.7 Å². The molecule has 1 aromatic rings. The van der Waals surface area contributed by atoms with E-state index in [0.717, 1.165) is 18.4 Å². The van der Waals surface area contributed by atoms with E-state index in [9.17, 15) is 9.59 Å². The van der Waals surface area contributed by atoms with Gasteiger partial charge >= 0.3 is 5.97 Å². The lowest BCUT2D eigenvalue weighted by Crippen LogP contribution is -2.49. The van der Waals surface area contributed by atoms with E-state index in [0.29, 0.717) is 23.7 Å². The fourth-order valence-corrected chi connectivity index (χ4v) is 2.60. The molecule has 2 rings (SSSR count). The van der Waals surface area contributed by atoms with Crippen LogP contribution in [0.25, 0.3) is 0 Å². The smallest absolute Gasteiger partial charge is 0.326 e. The monoisotopic (exact) mass is 311 g/mol.